The van der Waals surface area contributed by atoms with E-state index < -0.39 is 11.8 Å². The van der Waals surface area contributed by atoms with E-state index in [1.54, 1.807) is 20.8 Å². The molecule has 0 bridgehead atoms. The van der Waals surface area contributed by atoms with E-state index in [-0.39, 0.29) is 18.4 Å². The van der Waals surface area contributed by atoms with Gasteiger partial charge >= 0.3 is 6.16 Å². The van der Waals surface area contributed by atoms with Crippen molar-refractivity contribution in [1.29, 1.82) is 0 Å². The molecule has 1 saturated carbocycles. The summed E-state index contributed by atoms with van der Waals surface area (Å²) in [5.74, 6) is 3.41. The molecule has 1 aliphatic heterocycles. The summed E-state index contributed by atoms with van der Waals surface area (Å²) in [5.41, 5.74) is 1.20. The summed E-state index contributed by atoms with van der Waals surface area (Å²) in [5, 5.41) is 19.4. The van der Waals surface area contributed by atoms with Crippen molar-refractivity contribution in [2.45, 2.75) is 83.9 Å². The fourth-order valence-electron chi connectivity index (χ4n) is 4.78. The van der Waals surface area contributed by atoms with Crippen molar-refractivity contribution in [3.8, 4) is 5.69 Å². The van der Waals surface area contributed by atoms with Gasteiger partial charge in [0.15, 0.2) is 5.82 Å². The molecular formula is C24H29ClN6O4. The molecule has 1 fully saturated rings. The molecule has 3 aromatic rings. The van der Waals surface area contributed by atoms with Gasteiger partial charge in [0.05, 0.1) is 18.8 Å². The molecule has 11 heteroatoms. The Kier molecular flexibility index (Phi) is 6.27. The lowest BCUT2D eigenvalue weighted by Gasteiger charge is -2.26. The van der Waals surface area contributed by atoms with Crippen LogP contribution in [0.1, 0.15) is 87.3 Å². The Balaban J connectivity index is 1.40. The van der Waals surface area contributed by atoms with Crippen LogP contribution < -0.4 is 0 Å². The Morgan fingerprint density at radius 2 is 1.80 bits per heavy atom. The van der Waals surface area contributed by atoms with Gasteiger partial charge in [0.2, 0.25) is 11.8 Å². The Labute approximate surface area is 208 Å². The van der Waals surface area contributed by atoms with Crippen LogP contribution in [0, 0.1) is 6.92 Å². The summed E-state index contributed by atoms with van der Waals surface area (Å²) in [7, 11) is 0. The summed E-state index contributed by atoms with van der Waals surface area (Å²) in [4.78, 5) is 17.9. The van der Waals surface area contributed by atoms with E-state index in [4.69, 9.17) is 25.6 Å². The normalized spacial score (nSPS) is 20.6. The highest BCUT2D eigenvalue weighted by atomic mass is 35.5. The van der Waals surface area contributed by atoms with E-state index in [2.05, 4.69) is 25.0 Å². The zero-order valence-corrected chi connectivity index (χ0v) is 21.1. The summed E-state index contributed by atoms with van der Waals surface area (Å²) in [6.07, 6.45) is 2.99. The SMILES string of the molecule is Cc1nnc(C2CCC(c3nnc4n3-c3ccc(Cl)cc3CN(OC(=O)OC(C)(C)C)C4)CC2)o1. The van der Waals surface area contributed by atoms with Crippen LogP contribution in [0.3, 0.4) is 0 Å². The van der Waals surface area contributed by atoms with Gasteiger partial charge in [-0.3, -0.25) is 4.57 Å². The van der Waals surface area contributed by atoms with Gasteiger partial charge in [-0.25, -0.2) is 4.79 Å². The summed E-state index contributed by atoms with van der Waals surface area (Å²) >= 11 is 6.32. The van der Waals surface area contributed by atoms with Crippen LogP contribution in [0.2, 0.25) is 5.02 Å². The third-order valence-corrected chi connectivity index (χ3v) is 6.51. The lowest BCUT2D eigenvalue weighted by molar-refractivity contribution is -0.155. The summed E-state index contributed by atoms with van der Waals surface area (Å²) in [6, 6.07) is 5.71. The highest BCUT2D eigenvalue weighted by Gasteiger charge is 2.33. The van der Waals surface area contributed by atoms with Crippen LogP contribution in [0.5, 0.6) is 0 Å². The number of rotatable bonds is 3. The molecule has 0 unspecified atom stereocenters. The Bertz CT molecular complexity index is 1230. The lowest BCUT2D eigenvalue weighted by atomic mass is 9.81. The number of hydrogen-bond acceptors (Lipinski definition) is 9. The number of benzene rings is 1. The van der Waals surface area contributed by atoms with E-state index in [1.807, 2.05) is 25.1 Å². The molecular weight excluding hydrogens is 472 g/mol. The quantitative estimate of drug-likeness (QED) is 0.446. The van der Waals surface area contributed by atoms with Gasteiger partial charge in [0.1, 0.15) is 11.4 Å². The van der Waals surface area contributed by atoms with Crippen molar-refractivity contribution in [3.63, 3.8) is 0 Å². The molecule has 0 spiro atoms. The standard InChI is InChI=1S/C24H29ClN6O4/c1-14-26-29-22(33-14)16-7-5-15(6-8-16)21-28-27-20-13-30(35-23(32)34-24(2,3)4)12-17-11-18(25)9-10-19(17)31(20)21/h9-11,15-16H,5-8,12-13H2,1-4H3. The maximum atomic E-state index is 12.4. The fraction of sp³-hybridized carbons (Fsp3) is 0.542. The monoisotopic (exact) mass is 500 g/mol. The molecule has 1 aliphatic carbocycles. The molecule has 2 aromatic heterocycles. The predicted octanol–water partition coefficient (Wildman–Crippen LogP) is 5.24. The highest BCUT2D eigenvalue weighted by molar-refractivity contribution is 6.30. The maximum absolute atomic E-state index is 12.4. The maximum Gasteiger partial charge on any atom is 0.528 e. The molecule has 5 rings (SSSR count). The molecule has 0 N–H and O–H groups in total. The highest BCUT2D eigenvalue weighted by Crippen LogP contribution is 2.41. The minimum absolute atomic E-state index is 0.235. The molecule has 10 nitrogen and oxygen atoms in total. The number of carbonyl (C=O) groups is 1. The minimum Gasteiger partial charge on any atom is -0.427 e. The third kappa shape index (κ3) is 5.18. The first kappa shape index (κ1) is 23.7. The van der Waals surface area contributed by atoms with E-state index in [0.29, 0.717) is 23.3 Å². The van der Waals surface area contributed by atoms with Crippen LogP contribution >= 0.6 is 11.6 Å². The number of hydrogen-bond donors (Lipinski definition) is 0. The van der Waals surface area contributed by atoms with Crippen molar-refractivity contribution < 1.29 is 18.8 Å². The molecule has 0 amide bonds. The van der Waals surface area contributed by atoms with Gasteiger partial charge in [0.25, 0.3) is 0 Å². The Hall–Kier alpha value is -2.98. The largest absolute Gasteiger partial charge is 0.528 e. The second-order valence-corrected chi connectivity index (χ2v) is 10.6. The average Bonchev–Trinajstić information content (AvgIpc) is 3.36. The predicted molar refractivity (Wildman–Crippen MR) is 126 cm³/mol. The third-order valence-electron chi connectivity index (χ3n) is 6.28. The number of hydroxylamine groups is 2. The molecule has 1 aromatic carbocycles. The van der Waals surface area contributed by atoms with Crippen molar-refractivity contribution in [2.75, 3.05) is 0 Å². The number of nitrogens with zero attached hydrogens (tertiary/aromatic N) is 6. The van der Waals surface area contributed by atoms with Crippen molar-refractivity contribution >= 4 is 17.8 Å². The van der Waals surface area contributed by atoms with Gasteiger partial charge in [-0.05, 0) is 70.2 Å². The van der Waals surface area contributed by atoms with Gasteiger partial charge in [-0.2, -0.15) is 0 Å². The van der Waals surface area contributed by atoms with Crippen LogP contribution in [0.4, 0.5) is 4.79 Å². The fourth-order valence-corrected chi connectivity index (χ4v) is 4.97. The van der Waals surface area contributed by atoms with Crippen molar-refractivity contribution in [3.05, 3.63) is 52.2 Å². The molecule has 0 saturated heterocycles. The van der Waals surface area contributed by atoms with Crippen molar-refractivity contribution in [1.82, 2.24) is 30.0 Å². The molecule has 0 atom stereocenters. The minimum atomic E-state index is -0.760. The van der Waals surface area contributed by atoms with Gasteiger partial charge < -0.3 is 14.0 Å². The van der Waals surface area contributed by atoms with Crippen LogP contribution in [-0.4, -0.2) is 41.8 Å². The molecule has 35 heavy (non-hydrogen) atoms. The first-order valence-corrected chi connectivity index (χ1v) is 12.2. The number of fused-ring (bicyclic) bond motifs is 3. The van der Waals surface area contributed by atoms with E-state index in [9.17, 15) is 4.79 Å². The number of halogens is 1. The first-order valence-electron chi connectivity index (χ1n) is 11.8. The van der Waals surface area contributed by atoms with Gasteiger partial charge in [-0.15, -0.1) is 25.5 Å². The van der Waals surface area contributed by atoms with Crippen LogP contribution in [-0.2, 0) is 22.7 Å². The average molecular weight is 501 g/mol. The van der Waals surface area contributed by atoms with Crippen molar-refractivity contribution in [2.24, 2.45) is 0 Å². The van der Waals surface area contributed by atoms with E-state index in [0.717, 1.165) is 48.6 Å². The van der Waals surface area contributed by atoms with Gasteiger partial charge in [0, 0.05) is 23.8 Å². The zero-order valence-electron chi connectivity index (χ0n) is 20.3. The number of aromatic nitrogens is 5. The smallest absolute Gasteiger partial charge is 0.427 e. The number of aryl methyl sites for hydroxylation is 1. The molecule has 186 valence electrons. The van der Waals surface area contributed by atoms with Crippen LogP contribution in [0.15, 0.2) is 22.6 Å². The molecule has 3 heterocycles. The topological polar surface area (TPSA) is 108 Å². The van der Waals surface area contributed by atoms with Gasteiger partial charge in [-0.1, -0.05) is 11.6 Å². The number of carbonyl (C=O) groups excluding carboxylic acids is 1. The Morgan fingerprint density at radius 1 is 1.06 bits per heavy atom. The van der Waals surface area contributed by atoms with Crippen LogP contribution in [0.25, 0.3) is 5.69 Å². The second-order valence-electron chi connectivity index (χ2n) is 10.1. The Morgan fingerprint density at radius 3 is 2.49 bits per heavy atom. The number of ether oxygens (including phenoxy) is 1. The lowest BCUT2D eigenvalue weighted by Crippen LogP contribution is -2.31. The van der Waals surface area contributed by atoms with E-state index >= 15 is 0 Å². The molecule has 2 aliphatic rings. The molecule has 0 radical (unpaired) electrons. The zero-order chi connectivity index (χ0) is 24.7. The summed E-state index contributed by atoms with van der Waals surface area (Å²) < 4.78 is 13.1. The van der Waals surface area contributed by atoms with E-state index in [1.165, 1.54) is 5.06 Å². The second kappa shape index (κ2) is 9.23. The first-order chi connectivity index (χ1) is 16.7. The summed E-state index contributed by atoms with van der Waals surface area (Å²) in [6.45, 7) is 7.82.